The fraction of sp³-hybridized carbons (Fsp3) is 0.571. The van der Waals surface area contributed by atoms with Crippen LogP contribution in [0.1, 0.15) is 38.7 Å². The highest BCUT2D eigenvalue weighted by molar-refractivity contribution is 5.29. The van der Waals surface area contributed by atoms with E-state index in [9.17, 15) is 5.11 Å². The van der Waals surface area contributed by atoms with Crippen LogP contribution in [0.25, 0.3) is 0 Å². The number of hydrogen-bond donors (Lipinski definition) is 2. The molecule has 0 radical (unpaired) electrons. The first-order valence-corrected chi connectivity index (χ1v) is 6.08. The molecule has 0 spiro atoms. The molecule has 0 bridgehead atoms. The second kappa shape index (κ2) is 6.62. The van der Waals surface area contributed by atoms with E-state index in [1.54, 1.807) is 0 Å². The van der Waals surface area contributed by atoms with Gasteiger partial charge in [-0.3, -0.25) is 0 Å². The largest absolute Gasteiger partial charge is 0.491 e. The van der Waals surface area contributed by atoms with E-state index in [0.29, 0.717) is 6.42 Å². The van der Waals surface area contributed by atoms with E-state index in [-0.39, 0.29) is 18.6 Å². The molecule has 2 atom stereocenters. The van der Waals surface area contributed by atoms with Crippen molar-refractivity contribution in [1.29, 1.82) is 0 Å². The molecule has 0 heterocycles. The van der Waals surface area contributed by atoms with Gasteiger partial charge in [0.1, 0.15) is 5.75 Å². The molecule has 0 aliphatic carbocycles. The Kier molecular flexibility index (Phi) is 5.45. The van der Waals surface area contributed by atoms with Crippen molar-refractivity contribution in [3.8, 4) is 5.75 Å². The molecule has 0 saturated heterocycles. The van der Waals surface area contributed by atoms with Crippen molar-refractivity contribution in [2.75, 3.05) is 6.61 Å². The fourth-order valence-electron chi connectivity index (χ4n) is 1.77. The van der Waals surface area contributed by atoms with Gasteiger partial charge in [0.2, 0.25) is 0 Å². The molecule has 1 aromatic rings. The Balaban J connectivity index is 2.60. The molecule has 2 unspecified atom stereocenters. The molecule has 0 fully saturated rings. The fourth-order valence-corrected chi connectivity index (χ4v) is 1.77. The summed E-state index contributed by atoms with van der Waals surface area (Å²) in [5, 5.41) is 18.2. The number of aliphatic hydroxyl groups excluding tert-OH is 2. The van der Waals surface area contributed by atoms with Gasteiger partial charge in [0.25, 0.3) is 0 Å². The van der Waals surface area contributed by atoms with Gasteiger partial charge >= 0.3 is 0 Å². The highest BCUT2D eigenvalue weighted by atomic mass is 16.5. The summed E-state index contributed by atoms with van der Waals surface area (Å²) in [4.78, 5) is 0. The van der Waals surface area contributed by atoms with Crippen LogP contribution in [-0.2, 0) is 0 Å². The Morgan fingerprint density at radius 1 is 1.12 bits per heavy atom. The first kappa shape index (κ1) is 14.0. The van der Waals surface area contributed by atoms with Gasteiger partial charge in [-0.15, -0.1) is 0 Å². The summed E-state index contributed by atoms with van der Waals surface area (Å²) < 4.78 is 5.56. The summed E-state index contributed by atoms with van der Waals surface area (Å²) in [5.41, 5.74) is 1.15. The maximum absolute atomic E-state index is 9.39. The second-order valence-corrected chi connectivity index (χ2v) is 4.71. The molecule has 3 nitrogen and oxygen atoms in total. The first-order valence-electron chi connectivity index (χ1n) is 6.08. The van der Waals surface area contributed by atoms with E-state index in [0.717, 1.165) is 11.3 Å². The standard InChI is InChI=1S/C14H22O3/c1-10(2)17-14-6-4-12(5-7-14)11(3)8-13(16)9-15/h4-7,10-11,13,15-16H,8-9H2,1-3H3. The van der Waals surface area contributed by atoms with Crippen molar-refractivity contribution in [2.24, 2.45) is 0 Å². The van der Waals surface area contributed by atoms with Gasteiger partial charge in [-0.25, -0.2) is 0 Å². The maximum Gasteiger partial charge on any atom is 0.119 e. The summed E-state index contributed by atoms with van der Waals surface area (Å²) in [6, 6.07) is 7.90. The molecule has 2 N–H and O–H groups in total. The SMILES string of the molecule is CC(C)Oc1ccc(C(C)CC(O)CO)cc1. The average Bonchev–Trinajstić information content (AvgIpc) is 2.28. The third-order valence-corrected chi connectivity index (χ3v) is 2.66. The van der Waals surface area contributed by atoms with Crippen LogP contribution in [0.5, 0.6) is 5.75 Å². The average molecular weight is 238 g/mol. The Hall–Kier alpha value is -1.06. The van der Waals surface area contributed by atoms with Gasteiger partial charge in [0.15, 0.2) is 0 Å². The molecule has 1 rings (SSSR count). The third kappa shape index (κ3) is 4.75. The number of ether oxygens (including phenoxy) is 1. The lowest BCUT2D eigenvalue weighted by atomic mass is 9.95. The van der Waals surface area contributed by atoms with Crippen molar-refractivity contribution < 1.29 is 14.9 Å². The van der Waals surface area contributed by atoms with E-state index in [1.807, 2.05) is 45.0 Å². The Morgan fingerprint density at radius 2 is 1.71 bits per heavy atom. The quantitative estimate of drug-likeness (QED) is 0.799. The van der Waals surface area contributed by atoms with Crippen LogP contribution in [-0.4, -0.2) is 29.0 Å². The Morgan fingerprint density at radius 3 is 2.18 bits per heavy atom. The summed E-state index contributed by atoms with van der Waals surface area (Å²) >= 11 is 0. The normalized spacial score (nSPS) is 14.7. The highest BCUT2D eigenvalue weighted by Gasteiger charge is 2.11. The molecule has 0 aromatic heterocycles. The monoisotopic (exact) mass is 238 g/mol. The lowest BCUT2D eigenvalue weighted by Gasteiger charge is -2.16. The Bertz CT molecular complexity index is 319. The summed E-state index contributed by atoms with van der Waals surface area (Å²) in [6.45, 7) is 5.85. The van der Waals surface area contributed by atoms with Gasteiger partial charge in [0.05, 0.1) is 18.8 Å². The number of benzene rings is 1. The zero-order chi connectivity index (χ0) is 12.8. The van der Waals surface area contributed by atoms with E-state index < -0.39 is 6.10 Å². The summed E-state index contributed by atoms with van der Waals surface area (Å²) in [7, 11) is 0. The van der Waals surface area contributed by atoms with Gasteiger partial charge in [-0.2, -0.15) is 0 Å². The lowest BCUT2D eigenvalue weighted by molar-refractivity contribution is 0.0835. The van der Waals surface area contributed by atoms with E-state index >= 15 is 0 Å². The van der Waals surface area contributed by atoms with Crippen LogP contribution >= 0.6 is 0 Å². The predicted octanol–water partition coefficient (Wildman–Crippen LogP) is 2.32. The molecular weight excluding hydrogens is 216 g/mol. The molecule has 0 saturated carbocycles. The van der Waals surface area contributed by atoms with Gasteiger partial charge in [-0.1, -0.05) is 19.1 Å². The number of rotatable bonds is 6. The van der Waals surface area contributed by atoms with Gasteiger partial charge in [0, 0.05) is 0 Å². The predicted molar refractivity (Wildman–Crippen MR) is 68.3 cm³/mol. The van der Waals surface area contributed by atoms with Crippen molar-refractivity contribution in [3.63, 3.8) is 0 Å². The Labute approximate surface area is 103 Å². The first-order chi connectivity index (χ1) is 8.02. The smallest absolute Gasteiger partial charge is 0.119 e. The van der Waals surface area contributed by atoms with Crippen LogP contribution in [0.15, 0.2) is 24.3 Å². The minimum atomic E-state index is -0.642. The van der Waals surface area contributed by atoms with Gasteiger partial charge in [-0.05, 0) is 43.9 Å². The minimum absolute atomic E-state index is 0.175. The van der Waals surface area contributed by atoms with Crippen LogP contribution < -0.4 is 4.74 Å². The maximum atomic E-state index is 9.39. The number of hydrogen-bond acceptors (Lipinski definition) is 3. The molecular formula is C14H22O3. The van der Waals surface area contributed by atoms with Crippen LogP contribution in [0, 0.1) is 0 Å². The summed E-state index contributed by atoms with van der Waals surface area (Å²) in [6.07, 6.45) is 0.104. The molecule has 3 heteroatoms. The molecule has 0 aliphatic rings. The summed E-state index contributed by atoms with van der Waals surface area (Å²) in [5.74, 6) is 1.09. The van der Waals surface area contributed by atoms with Crippen molar-refractivity contribution in [2.45, 2.75) is 45.3 Å². The van der Waals surface area contributed by atoms with Crippen molar-refractivity contribution in [1.82, 2.24) is 0 Å². The number of aliphatic hydroxyl groups is 2. The zero-order valence-electron chi connectivity index (χ0n) is 10.8. The van der Waals surface area contributed by atoms with E-state index in [2.05, 4.69) is 0 Å². The third-order valence-electron chi connectivity index (χ3n) is 2.66. The lowest BCUT2D eigenvalue weighted by Crippen LogP contribution is -2.15. The second-order valence-electron chi connectivity index (χ2n) is 4.71. The molecule has 1 aromatic carbocycles. The van der Waals surface area contributed by atoms with Gasteiger partial charge < -0.3 is 14.9 Å². The minimum Gasteiger partial charge on any atom is -0.491 e. The zero-order valence-corrected chi connectivity index (χ0v) is 10.8. The molecule has 96 valence electrons. The molecule has 0 amide bonds. The molecule has 0 aliphatic heterocycles. The topological polar surface area (TPSA) is 49.7 Å². The van der Waals surface area contributed by atoms with Crippen LogP contribution in [0.4, 0.5) is 0 Å². The van der Waals surface area contributed by atoms with Crippen LogP contribution in [0.3, 0.4) is 0 Å². The van der Waals surface area contributed by atoms with E-state index in [1.165, 1.54) is 0 Å². The van der Waals surface area contributed by atoms with Crippen molar-refractivity contribution in [3.05, 3.63) is 29.8 Å². The molecule has 17 heavy (non-hydrogen) atoms. The van der Waals surface area contributed by atoms with E-state index in [4.69, 9.17) is 9.84 Å². The van der Waals surface area contributed by atoms with Crippen LogP contribution in [0.2, 0.25) is 0 Å². The van der Waals surface area contributed by atoms with Crippen molar-refractivity contribution >= 4 is 0 Å². The highest BCUT2D eigenvalue weighted by Crippen LogP contribution is 2.23.